The first-order valence-corrected chi connectivity index (χ1v) is 8.60. The SMILES string of the molecule is COc1ccc(Br)c(CNc2ncn[nH]2)c1OCc1ccccc1C. The van der Waals surface area contributed by atoms with E-state index in [-0.39, 0.29) is 0 Å². The fourth-order valence-corrected chi connectivity index (χ4v) is 2.90. The topological polar surface area (TPSA) is 72.1 Å². The van der Waals surface area contributed by atoms with Gasteiger partial charge in [0.2, 0.25) is 5.95 Å². The minimum atomic E-state index is 0.467. The maximum Gasteiger partial charge on any atom is 0.218 e. The van der Waals surface area contributed by atoms with E-state index in [4.69, 9.17) is 9.47 Å². The highest BCUT2D eigenvalue weighted by atomic mass is 79.9. The molecule has 0 aliphatic heterocycles. The van der Waals surface area contributed by atoms with E-state index in [1.54, 1.807) is 7.11 Å². The summed E-state index contributed by atoms with van der Waals surface area (Å²) < 4.78 is 12.6. The van der Waals surface area contributed by atoms with Gasteiger partial charge in [0.05, 0.1) is 7.11 Å². The summed E-state index contributed by atoms with van der Waals surface area (Å²) in [7, 11) is 1.64. The third-order valence-electron chi connectivity index (χ3n) is 3.87. The van der Waals surface area contributed by atoms with Crippen molar-refractivity contribution in [1.82, 2.24) is 15.2 Å². The maximum absolute atomic E-state index is 6.14. The predicted molar refractivity (Wildman–Crippen MR) is 99.9 cm³/mol. The van der Waals surface area contributed by atoms with E-state index >= 15 is 0 Å². The summed E-state index contributed by atoms with van der Waals surface area (Å²) in [6.45, 7) is 3.05. The predicted octanol–water partition coefficient (Wildman–Crippen LogP) is 4.08. The van der Waals surface area contributed by atoms with Gasteiger partial charge in [-0.05, 0) is 30.2 Å². The Morgan fingerprint density at radius 2 is 2.04 bits per heavy atom. The molecule has 0 saturated heterocycles. The third-order valence-corrected chi connectivity index (χ3v) is 4.61. The Kier molecular flexibility index (Phi) is 5.55. The highest BCUT2D eigenvalue weighted by Gasteiger charge is 2.15. The van der Waals surface area contributed by atoms with Crippen LogP contribution in [0.4, 0.5) is 5.95 Å². The van der Waals surface area contributed by atoms with Gasteiger partial charge in [0.15, 0.2) is 11.5 Å². The number of aryl methyl sites for hydroxylation is 1. The van der Waals surface area contributed by atoms with Crippen molar-refractivity contribution < 1.29 is 9.47 Å². The van der Waals surface area contributed by atoms with E-state index in [0.29, 0.717) is 30.6 Å². The van der Waals surface area contributed by atoms with Gasteiger partial charge in [-0.25, -0.2) is 10.1 Å². The van der Waals surface area contributed by atoms with Gasteiger partial charge in [-0.1, -0.05) is 40.2 Å². The fourth-order valence-electron chi connectivity index (χ4n) is 2.45. The molecule has 0 atom stereocenters. The summed E-state index contributed by atoms with van der Waals surface area (Å²) >= 11 is 3.59. The molecule has 3 rings (SSSR count). The first-order valence-electron chi connectivity index (χ1n) is 7.81. The lowest BCUT2D eigenvalue weighted by Crippen LogP contribution is -2.07. The van der Waals surface area contributed by atoms with E-state index in [1.165, 1.54) is 11.9 Å². The second-order valence-corrected chi connectivity index (χ2v) is 6.31. The molecule has 7 heteroatoms. The number of ether oxygens (including phenoxy) is 2. The molecule has 0 amide bonds. The highest BCUT2D eigenvalue weighted by Crippen LogP contribution is 2.37. The molecular formula is C18H19BrN4O2. The number of hydrogen-bond donors (Lipinski definition) is 2. The van der Waals surface area contributed by atoms with Crippen molar-refractivity contribution in [3.8, 4) is 11.5 Å². The molecule has 0 aliphatic carbocycles. The van der Waals surface area contributed by atoms with Crippen LogP contribution < -0.4 is 14.8 Å². The molecule has 6 nitrogen and oxygen atoms in total. The van der Waals surface area contributed by atoms with E-state index < -0.39 is 0 Å². The average molecular weight is 403 g/mol. The first-order chi connectivity index (χ1) is 12.2. The van der Waals surface area contributed by atoms with Crippen LogP contribution in [0.15, 0.2) is 47.2 Å². The van der Waals surface area contributed by atoms with Crippen LogP contribution in [0.3, 0.4) is 0 Å². The number of aromatic amines is 1. The molecule has 2 aromatic carbocycles. The summed E-state index contributed by atoms with van der Waals surface area (Å²) in [5.41, 5.74) is 3.28. The van der Waals surface area contributed by atoms with E-state index in [9.17, 15) is 0 Å². The smallest absolute Gasteiger partial charge is 0.218 e. The van der Waals surface area contributed by atoms with Crippen molar-refractivity contribution in [3.05, 3.63) is 63.9 Å². The van der Waals surface area contributed by atoms with Crippen LogP contribution in [-0.4, -0.2) is 22.3 Å². The summed E-state index contributed by atoms with van der Waals surface area (Å²) in [5.74, 6) is 1.98. The van der Waals surface area contributed by atoms with E-state index in [2.05, 4.69) is 55.5 Å². The maximum atomic E-state index is 6.14. The Balaban J connectivity index is 1.84. The molecule has 25 heavy (non-hydrogen) atoms. The van der Waals surface area contributed by atoms with Gasteiger partial charge in [-0.2, -0.15) is 5.10 Å². The van der Waals surface area contributed by atoms with Gasteiger partial charge in [0, 0.05) is 16.6 Å². The van der Waals surface area contributed by atoms with Crippen molar-refractivity contribution in [2.75, 3.05) is 12.4 Å². The third kappa shape index (κ3) is 4.11. The molecule has 0 saturated carbocycles. The Bertz CT molecular complexity index is 837. The molecule has 0 aliphatic rings. The van der Waals surface area contributed by atoms with Crippen LogP contribution in [0, 0.1) is 6.92 Å². The van der Waals surface area contributed by atoms with Crippen molar-refractivity contribution in [3.63, 3.8) is 0 Å². The van der Waals surface area contributed by atoms with E-state index in [1.807, 2.05) is 24.3 Å². The quantitative estimate of drug-likeness (QED) is 0.622. The Hall–Kier alpha value is -2.54. The highest BCUT2D eigenvalue weighted by molar-refractivity contribution is 9.10. The molecule has 0 spiro atoms. The van der Waals surface area contributed by atoms with Crippen LogP contribution in [0.25, 0.3) is 0 Å². The molecule has 130 valence electrons. The molecule has 1 heterocycles. The molecule has 2 N–H and O–H groups in total. The van der Waals surface area contributed by atoms with Crippen molar-refractivity contribution in [2.24, 2.45) is 0 Å². The summed E-state index contributed by atoms with van der Waals surface area (Å²) in [6.07, 6.45) is 1.46. The van der Waals surface area contributed by atoms with Crippen molar-refractivity contribution >= 4 is 21.9 Å². The molecule has 3 aromatic rings. The minimum absolute atomic E-state index is 0.467. The van der Waals surface area contributed by atoms with Crippen LogP contribution in [-0.2, 0) is 13.2 Å². The Morgan fingerprint density at radius 1 is 1.20 bits per heavy atom. The minimum Gasteiger partial charge on any atom is -0.493 e. The lowest BCUT2D eigenvalue weighted by atomic mass is 10.1. The van der Waals surface area contributed by atoms with Crippen LogP contribution in [0.2, 0.25) is 0 Å². The molecular weight excluding hydrogens is 384 g/mol. The largest absolute Gasteiger partial charge is 0.493 e. The number of benzene rings is 2. The Morgan fingerprint density at radius 3 is 2.76 bits per heavy atom. The van der Waals surface area contributed by atoms with Crippen LogP contribution >= 0.6 is 15.9 Å². The molecule has 1 aromatic heterocycles. The number of hydrogen-bond acceptors (Lipinski definition) is 5. The van der Waals surface area contributed by atoms with Crippen molar-refractivity contribution in [2.45, 2.75) is 20.1 Å². The summed E-state index contributed by atoms with van der Waals surface area (Å²) in [5, 5.41) is 9.80. The monoisotopic (exact) mass is 402 g/mol. The van der Waals surface area contributed by atoms with Gasteiger partial charge in [0.25, 0.3) is 0 Å². The zero-order valence-electron chi connectivity index (χ0n) is 14.0. The Labute approximate surface area is 154 Å². The van der Waals surface area contributed by atoms with Gasteiger partial charge in [-0.15, -0.1) is 0 Å². The number of nitrogens with one attached hydrogen (secondary N) is 2. The van der Waals surface area contributed by atoms with Gasteiger partial charge in [-0.3, -0.25) is 0 Å². The second kappa shape index (κ2) is 8.02. The number of methoxy groups -OCH3 is 1. The lowest BCUT2D eigenvalue weighted by Gasteiger charge is -2.17. The molecule has 0 unspecified atom stereocenters. The molecule has 0 bridgehead atoms. The summed E-state index contributed by atoms with van der Waals surface area (Å²) in [6, 6.07) is 12.0. The van der Waals surface area contributed by atoms with E-state index in [0.717, 1.165) is 15.6 Å². The normalized spacial score (nSPS) is 10.5. The standard InChI is InChI=1S/C18H19BrN4O2/c1-12-5-3-4-6-13(12)10-25-17-14(9-20-18-21-11-22-23-18)15(19)7-8-16(17)24-2/h3-8,11H,9-10H2,1-2H3,(H2,20,21,22,23). The number of halogens is 1. The van der Waals surface area contributed by atoms with Crippen LogP contribution in [0.1, 0.15) is 16.7 Å². The first kappa shape index (κ1) is 17.3. The van der Waals surface area contributed by atoms with Gasteiger partial charge < -0.3 is 14.8 Å². The number of anilines is 1. The molecule has 0 fully saturated rings. The fraction of sp³-hybridized carbons (Fsp3) is 0.222. The number of rotatable bonds is 7. The second-order valence-electron chi connectivity index (χ2n) is 5.46. The number of aromatic nitrogens is 3. The number of H-pyrrole nitrogens is 1. The lowest BCUT2D eigenvalue weighted by molar-refractivity contribution is 0.281. The summed E-state index contributed by atoms with van der Waals surface area (Å²) in [4.78, 5) is 4.07. The average Bonchev–Trinajstić information content (AvgIpc) is 3.14. The zero-order chi connectivity index (χ0) is 17.6. The zero-order valence-corrected chi connectivity index (χ0v) is 15.6. The van der Waals surface area contributed by atoms with Gasteiger partial charge in [0.1, 0.15) is 12.9 Å². The van der Waals surface area contributed by atoms with Crippen molar-refractivity contribution in [1.29, 1.82) is 0 Å². The molecule has 0 radical (unpaired) electrons. The van der Waals surface area contributed by atoms with Gasteiger partial charge >= 0.3 is 0 Å². The number of nitrogens with zero attached hydrogens (tertiary/aromatic N) is 2. The van der Waals surface area contributed by atoms with Crippen LogP contribution in [0.5, 0.6) is 11.5 Å².